The Morgan fingerprint density at radius 2 is 2.25 bits per heavy atom. The molecule has 1 N–H and O–H groups in total. The molecule has 0 amide bonds. The fourth-order valence-electron chi connectivity index (χ4n) is 1.74. The van der Waals surface area contributed by atoms with Crippen LogP contribution in [-0.2, 0) is 0 Å². The molecule has 0 atom stereocenters. The van der Waals surface area contributed by atoms with E-state index in [1.807, 2.05) is 18.2 Å². The predicted molar refractivity (Wildman–Crippen MR) is 63.7 cm³/mol. The van der Waals surface area contributed by atoms with Gasteiger partial charge in [0.2, 0.25) is 0 Å². The Hall–Kier alpha value is -2.10. The molecule has 1 aliphatic rings. The van der Waals surface area contributed by atoms with E-state index in [4.69, 9.17) is 4.52 Å². The number of dihydropyridines is 1. The molecule has 1 aromatic carbocycles. The number of aromatic nitrogens is 1. The van der Waals surface area contributed by atoms with Crippen LogP contribution in [0.5, 0.6) is 0 Å². The molecule has 0 fully saturated rings. The van der Waals surface area contributed by atoms with Gasteiger partial charge in [0.1, 0.15) is 5.84 Å². The number of anilines is 1. The van der Waals surface area contributed by atoms with Crippen LogP contribution in [0.25, 0.3) is 11.0 Å². The normalized spacial score (nSPS) is 15.1. The molecule has 2 aromatic rings. The van der Waals surface area contributed by atoms with Crippen molar-refractivity contribution in [1.29, 1.82) is 0 Å². The molecule has 0 saturated carbocycles. The van der Waals surface area contributed by atoms with Crippen LogP contribution in [0.2, 0.25) is 0 Å². The van der Waals surface area contributed by atoms with Gasteiger partial charge in [0.05, 0.1) is 23.8 Å². The lowest BCUT2D eigenvalue weighted by Crippen LogP contribution is -2.13. The maximum atomic E-state index is 5.10. The lowest BCUT2D eigenvalue weighted by atomic mass is 10.2. The van der Waals surface area contributed by atoms with Crippen molar-refractivity contribution in [2.24, 2.45) is 4.99 Å². The fourth-order valence-corrected chi connectivity index (χ4v) is 1.74. The van der Waals surface area contributed by atoms with E-state index in [0.29, 0.717) is 0 Å². The van der Waals surface area contributed by atoms with Gasteiger partial charge in [0, 0.05) is 6.42 Å². The van der Waals surface area contributed by atoms with Crippen LogP contribution < -0.4 is 5.32 Å². The molecule has 0 unspecified atom stereocenters. The van der Waals surface area contributed by atoms with Crippen molar-refractivity contribution < 1.29 is 4.52 Å². The largest absolute Gasteiger partial charge is 0.356 e. The number of aliphatic imine (C=N–C) groups is 1. The molecular weight excluding hydrogens is 202 g/mol. The van der Waals surface area contributed by atoms with Gasteiger partial charge in [-0.05, 0) is 12.1 Å². The number of nitrogens with zero attached hydrogens (tertiary/aromatic N) is 2. The van der Waals surface area contributed by atoms with Crippen LogP contribution >= 0.6 is 0 Å². The molecule has 16 heavy (non-hydrogen) atoms. The Kier molecular flexibility index (Phi) is 2.18. The van der Waals surface area contributed by atoms with E-state index in [1.165, 1.54) is 0 Å². The summed E-state index contributed by atoms with van der Waals surface area (Å²) in [5.74, 6) is 0.983. The number of hydrogen-bond acceptors (Lipinski definition) is 4. The molecule has 4 heteroatoms. The molecule has 4 nitrogen and oxygen atoms in total. The van der Waals surface area contributed by atoms with Crippen LogP contribution in [-0.4, -0.2) is 17.5 Å². The zero-order chi connectivity index (χ0) is 10.8. The molecule has 0 radical (unpaired) electrons. The minimum absolute atomic E-state index is 0.752. The Labute approximate surface area is 92.7 Å². The zero-order valence-electron chi connectivity index (χ0n) is 8.68. The number of rotatable bonds is 1. The maximum absolute atomic E-state index is 5.10. The van der Waals surface area contributed by atoms with Crippen LogP contribution in [0.3, 0.4) is 0 Å². The molecule has 2 heterocycles. The average Bonchev–Trinajstić information content (AvgIpc) is 2.80. The van der Waals surface area contributed by atoms with Gasteiger partial charge in [0.15, 0.2) is 5.58 Å². The van der Waals surface area contributed by atoms with E-state index in [1.54, 1.807) is 6.20 Å². The Morgan fingerprint density at radius 1 is 1.25 bits per heavy atom. The minimum Gasteiger partial charge on any atom is -0.356 e. The third kappa shape index (κ3) is 1.58. The summed E-state index contributed by atoms with van der Waals surface area (Å²) in [4.78, 5) is 4.38. The van der Waals surface area contributed by atoms with Crippen molar-refractivity contribution in [3.63, 3.8) is 0 Å². The average molecular weight is 213 g/mol. The topological polar surface area (TPSA) is 50.4 Å². The van der Waals surface area contributed by atoms with Crippen molar-refractivity contribution in [2.45, 2.75) is 6.42 Å². The van der Waals surface area contributed by atoms with Crippen LogP contribution in [0, 0.1) is 0 Å². The summed E-state index contributed by atoms with van der Waals surface area (Å²) in [6.45, 7) is 0.752. The first-order valence-electron chi connectivity index (χ1n) is 5.22. The number of hydrogen-bond donors (Lipinski definition) is 1. The van der Waals surface area contributed by atoms with Gasteiger partial charge in [-0.1, -0.05) is 23.4 Å². The van der Waals surface area contributed by atoms with Crippen LogP contribution in [0.4, 0.5) is 5.69 Å². The smallest absolute Gasteiger partial charge is 0.168 e. The van der Waals surface area contributed by atoms with Crippen LogP contribution in [0.1, 0.15) is 6.42 Å². The second-order valence-corrected chi connectivity index (χ2v) is 3.63. The first kappa shape index (κ1) is 9.15. The van der Waals surface area contributed by atoms with Gasteiger partial charge >= 0.3 is 0 Å². The second-order valence-electron chi connectivity index (χ2n) is 3.63. The highest BCUT2D eigenvalue weighted by Gasteiger charge is 2.06. The number of benzene rings is 1. The molecule has 3 rings (SSSR count). The highest BCUT2D eigenvalue weighted by molar-refractivity contribution is 6.03. The van der Waals surface area contributed by atoms with Crippen molar-refractivity contribution in [3.05, 3.63) is 36.5 Å². The van der Waals surface area contributed by atoms with Crippen molar-refractivity contribution >= 4 is 22.5 Å². The summed E-state index contributed by atoms with van der Waals surface area (Å²) in [7, 11) is 0. The Bertz CT molecular complexity index is 568. The standard InChI is InChI=1S/C12H11N3O/c1-2-7-13-12(6-1)15-10-4-3-5-11-9(10)8-14-16-11/h1-5,8H,6-7H2,(H,13,15). The first-order valence-corrected chi connectivity index (χ1v) is 5.22. The first-order chi connectivity index (χ1) is 7.93. The van der Waals surface area contributed by atoms with Crippen LogP contribution in [0.15, 0.2) is 46.1 Å². The summed E-state index contributed by atoms with van der Waals surface area (Å²) in [5.41, 5.74) is 1.78. The van der Waals surface area contributed by atoms with Crippen molar-refractivity contribution in [2.75, 3.05) is 11.9 Å². The molecule has 0 spiro atoms. The highest BCUT2D eigenvalue weighted by atomic mass is 16.5. The highest BCUT2D eigenvalue weighted by Crippen LogP contribution is 2.23. The Morgan fingerprint density at radius 3 is 3.12 bits per heavy atom. The van der Waals surface area contributed by atoms with E-state index >= 15 is 0 Å². The molecule has 80 valence electrons. The Balaban J connectivity index is 1.94. The third-order valence-electron chi connectivity index (χ3n) is 2.54. The summed E-state index contributed by atoms with van der Waals surface area (Å²) < 4.78 is 5.10. The zero-order valence-corrected chi connectivity index (χ0v) is 8.68. The summed E-state index contributed by atoms with van der Waals surface area (Å²) in [6, 6.07) is 5.84. The number of fused-ring (bicyclic) bond motifs is 1. The predicted octanol–water partition coefficient (Wildman–Crippen LogP) is 2.60. The quantitative estimate of drug-likeness (QED) is 0.741. The van der Waals surface area contributed by atoms with E-state index in [-0.39, 0.29) is 0 Å². The molecule has 0 bridgehead atoms. The molecular formula is C12H11N3O. The second kappa shape index (κ2) is 3.81. The van der Waals surface area contributed by atoms with Crippen molar-refractivity contribution in [1.82, 2.24) is 5.16 Å². The fraction of sp³-hybridized carbons (Fsp3) is 0.167. The summed E-state index contributed by atoms with van der Waals surface area (Å²) in [5, 5.41) is 8.08. The van der Waals surface area contributed by atoms with Gasteiger partial charge < -0.3 is 9.84 Å². The monoisotopic (exact) mass is 213 g/mol. The number of nitrogens with one attached hydrogen (secondary N) is 1. The summed E-state index contributed by atoms with van der Waals surface area (Å²) >= 11 is 0. The van der Waals surface area contributed by atoms with E-state index in [9.17, 15) is 0 Å². The van der Waals surface area contributed by atoms with Gasteiger partial charge in [0.25, 0.3) is 0 Å². The minimum atomic E-state index is 0.752. The third-order valence-corrected chi connectivity index (χ3v) is 2.54. The van der Waals surface area contributed by atoms with Gasteiger partial charge in [-0.15, -0.1) is 0 Å². The molecule has 1 aliphatic heterocycles. The molecule has 0 saturated heterocycles. The lowest BCUT2D eigenvalue weighted by Gasteiger charge is -2.10. The van der Waals surface area contributed by atoms with Gasteiger partial charge in [-0.3, -0.25) is 4.99 Å². The van der Waals surface area contributed by atoms with E-state index in [0.717, 1.165) is 35.5 Å². The molecule has 0 aliphatic carbocycles. The van der Waals surface area contributed by atoms with Gasteiger partial charge in [-0.25, -0.2) is 0 Å². The SMILES string of the molecule is C1=CCC(Nc2cccc3oncc23)=NC1. The molecule has 1 aromatic heterocycles. The number of amidine groups is 1. The lowest BCUT2D eigenvalue weighted by molar-refractivity contribution is 0.456. The van der Waals surface area contributed by atoms with Crippen molar-refractivity contribution in [3.8, 4) is 0 Å². The van der Waals surface area contributed by atoms with E-state index < -0.39 is 0 Å². The van der Waals surface area contributed by atoms with E-state index in [2.05, 4.69) is 27.6 Å². The summed E-state index contributed by atoms with van der Waals surface area (Å²) in [6.07, 6.45) is 6.74. The maximum Gasteiger partial charge on any atom is 0.168 e. The van der Waals surface area contributed by atoms with Gasteiger partial charge in [-0.2, -0.15) is 0 Å².